The van der Waals surface area contributed by atoms with Crippen molar-refractivity contribution in [3.63, 3.8) is 0 Å². The third-order valence-corrected chi connectivity index (χ3v) is 3.93. The third kappa shape index (κ3) is 3.44. The normalized spacial score (nSPS) is 23.2. The lowest BCUT2D eigenvalue weighted by Crippen LogP contribution is -2.48. The maximum absolute atomic E-state index is 12.2. The van der Waals surface area contributed by atoms with Gasteiger partial charge in [-0.3, -0.25) is 9.69 Å². The van der Waals surface area contributed by atoms with Crippen molar-refractivity contribution in [3.05, 3.63) is 35.4 Å². The molecular weight excluding hydrogens is 252 g/mol. The minimum Gasteiger partial charge on any atom is -0.377 e. The van der Waals surface area contributed by atoms with Crippen LogP contribution >= 0.6 is 0 Å². The van der Waals surface area contributed by atoms with E-state index in [0.29, 0.717) is 17.7 Å². The number of ether oxygens (including phenoxy) is 1. The molecular formula is C16H20N2O2. The summed E-state index contributed by atoms with van der Waals surface area (Å²) in [6, 6.07) is 8.87. The van der Waals surface area contributed by atoms with E-state index in [-0.39, 0.29) is 11.4 Å². The topological polar surface area (TPSA) is 53.3 Å². The lowest BCUT2D eigenvalue weighted by Gasteiger charge is -2.39. The van der Waals surface area contributed by atoms with Gasteiger partial charge >= 0.3 is 0 Å². The molecule has 0 amide bonds. The molecule has 1 heterocycles. The van der Waals surface area contributed by atoms with E-state index in [1.807, 2.05) is 0 Å². The Labute approximate surface area is 120 Å². The molecule has 1 aliphatic rings. The number of carbonyl (C=O) groups excluding carboxylic acids is 1. The SMILES string of the molecule is COC1(C)CCCN(CC(=O)c2ccc(C#N)cc2)C1. The number of hydrogen-bond acceptors (Lipinski definition) is 4. The zero-order chi connectivity index (χ0) is 14.6. The minimum atomic E-state index is -0.150. The molecule has 20 heavy (non-hydrogen) atoms. The average Bonchev–Trinajstić information content (AvgIpc) is 2.47. The average molecular weight is 272 g/mol. The molecule has 1 aromatic carbocycles. The zero-order valence-electron chi connectivity index (χ0n) is 12.1. The van der Waals surface area contributed by atoms with Crippen molar-refractivity contribution in [2.45, 2.75) is 25.4 Å². The van der Waals surface area contributed by atoms with Crippen LogP contribution in [0.15, 0.2) is 24.3 Å². The summed E-state index contributed by atoms with van der Waals surface area (Å²) >= 11 is 0. The van der Waals surface area contributed by atoms with Gasteiger partial charge in [-0.05, 0) is 38.4 Å². The van der Waals surface area contributed by atoms with Gasteiger partial charge in [-0.15, -0.1) is 0 Å². The predicted octanol–water partition coefficient (Wildman–Crippen LogP) is 2.24. The number of ketones is 1. The summed E-state index contributed by atoms with van der Waals surface area (Å²) < 4.78 is 5.54. The van der Waals surface area contributed by atoms with Crippen LogP contribution in [0.2, 0.25) is 0 Å². The molecule has 0 bridgehead atoms. The summed E-state index contributed by atoms with van der Waals surface area (Å²) in [6.45, 7) is 4.21. The summed E-state index contributed by atoms with van der Waals surface area (Å²) in [6.07, 6.45) is 2.08. The standard InChI is InChI=1S/C16H20N2O2/c1-16(20-2)8-3-9-18(12-16)11-15(19)14-6-4-13(10-17)5-7-14/h4-7H,3,8-9,11-12H2,1-2H3. The highest BCUT2D eigenvalue weighted by molar-refractivity contribution is 5.97. The van der Waals surface area contributed by atoms with E-state index in [2.05, 4.69) is 17.9 Å². The van der Waals surface area contributed by atoms with Crippen LogP contribution in [0.4, 0.5) is 0 Å². The van der Waals surface area contributed by atoms with Crippen molar-refractivity contribution >= 4 is 5.78 Å². The predicted molar refractivity (Wildman–Crippen MR) is 76.6 cm³/mol. The highest BCUT2D eigenvalue weighted by Gasteiger charge is 2.31. The first-order valence-electron chi connectivity index (χ1n) is 6.87. The van der Waals surface area contributed by atoms with E-state index in [9.17, 15) is 4.79 Å². The maximum atomic E-state index is 12.2. The van der Waals surface area contributed by atoms with Crippen LogP contribution in [0, 0.1) is 11.3 Å². The Morgan fingerprint density at radius 3 is 2.75 bits per heavy atom. The molecule has 0 aromatic heterocycles. The Hall–Kier alpha value is -1.70. The second-order valence-corrected chi connectivity index (χ2v) is 5.58. The molecule has 0 radical (unpaired) electrons. The Kier molecular flexibility index (Phi) is 4.53. The number of likely N-dealkylation sites (tertiary alicyclic amines) is 1. The summed E-state index contributed by atoms with van der Waals surface area (Å²) in [7, 11) is 1.73. The summed E-state index contributed by atoms with van der Waals surface area (Å²) in [4.78, 5) is 14.4. The molecule has 1 aliphatic heterocycles. The molecule has 1 aromatic rings. The fourth-order valence-electron chi connectivity index (χ4n) is 2.63. The molecule has 0 aliphatic carbocycles. The van der Waals surface area contributed by atoms with E-state index in [1.54, 1.807) is 31.4 Å². The van der Waals surface area contributed by atoms with Crippen LogP contribution in [0.3, 0.4) is 0 Å². The number of methoxy groups -OCH3 is 1. The Morgan fingerprint density at radius 2 is 2.15 bits per heavy atom. The fraction of sp³-hybridized carbons (Fsp3) is 0.500. The molecule has 1 unspecified atom stereocenters. The van der Waals surface area contributed by atoms with Gasteiger partial charge in [0, 0.05) is 19.2 Å². The smallest absolute Gasteiger partial charge is 0.176 e. The summed E-state index contributed by atoms with van der Waals surface area (Å²) in [5, 5.41) is 8.76. The Bertz CT molecular complexity index is 518. The van der Waals surface area contributed by atoms with Gasteiger partial charge in [0.1, 0.15) is 0 Å². The fourth-order valence-corrected chi connectivity index (χ4v) is 2.63. The highest BCUT2D eigenvalue weighted by atomic mass is 16.5. The second kappa shape index (κ2) is 6.17. The van der Waals surface area contributed by atoms with Crippen LogP contribution in [0.1, 0.15) is 35.7 Å². The van der Waals surface area contributed by atoms with E-state index in [1.165, 1.54) is 0 Å². The van der Waals surface area contributed by atoms with E-state index in [0.717, 1.165) is 25.9 Å². The molecule has 2 rings (SSSR count). The lowest BCUT2D eigenvalue weighted by atomic mass is 9.94. The van der Waals surface area contributed by atoms with Crippen LogP contribution < -0.4 is 0 Å². The number of rotatable bonds is 4. The largest absolute Gasteiger partial charge is 0.377 e. The van der Waals surface area contributed by atoms with Crippen molar-refractivity contribution < 1.29 is 9.53 Å². The van der Waals surface area contributed by atoms with Crippen LogP contribution in [-0.2, 0) is 4.74 Å². The van der Waals surface area contributed by atoms with E-state index < -0.39 is 0 Å². The van der Waals surface area contributed by atoms with Gasteiger partial charge in [-0.2, -0.15) is 5.26 Å². The van der Waals surface area contributed by atoms with E-state index in [4.69, 9.17) is 10.00 Å². The van der Waals surface area contributed by atoms with E-state index >= 15 is 0 Å². The Balaban J connectivity index is 1.98. The lowest BCUT2D eigenvalue weighted by molar-refractivity contribution is -0.0485. The summed E-state index contributed by atoms with van der Waals surface area (Å²) in [5.74, 6) is 0.0924. The van der Waals surface area contributed by atoms with Crippen molar-refractivity contribution in [1.82, 2.24) is 4.90 Å². The first-order valence-corrected chi connectivity index (χ1v) is 6.87. The van der Waals surface area contributed by atoms with Crippen LogP contribution in [0.25, 0.3) is 0 Å². The number of nitriles is 1. The van der Waals surface area contributed by atoms with Gasteiger partial charge in [-0.25, -0.2) is 0 Å². The third-order valence-electron chi connectivity index (χ3n) is 3.93. The van der Waals surface area contributed by atoms with Gasteiger partial charge in [0.25, 0.3) is 0 Å². The number of hydrogen-bond donors (Lipinski definition) is 0. The first-order chi connectivity index (χ1) is 9.56. The van der Waals surface area contributed by atoms with Gasteiger partial charge in [0.15, 0.2) is 5.78 Å². The van der Waals surface area contributed by atoms with Crippen LogP contribution in [0.5, 0.6) is 0 Å². The molecule has 1 fully saturated rings. The quantitative estimate of drug-likeness (QED) is 0.789. The molecule has 4 nitrogen and oxygen atoms in total. The molecule has 4 heteroatoms. The van der Waals surface area contributed by atoms with Gasteiger partial charge < -0.3 is 4.74 Å². The Morgan fingerprint density at radius 1 is 1.45 bits per heavy atom. The molecule has 1 atom stereocenters. The van der Waals surface area contributed by atoms with Gasteiger partial charge in [0.2, 0.25) is 0 Å². The second-order valence-electron chi connectivity index (χ2n) is 5.58. The highest BCUT2D eigenvalue weighted by Crippen LogP contribution is 2.23. The minimum absolute atomic E-state index is 0.0924. The number of piperidine rings is 1. The monoisotopic (exact) mass is 272 g/mol. The van der Waals surface area contributed by atoms with Crippen molar-refractivity contribution in [2.24, 2.45) is 0 Å². The van der Waals surface area contributed by atoms with Crippen molar-refractivity contribution in [2.75, 3.05) is 26.7 Å². The number of carbonyl (C=O) groups is 1. The molecule has 1 saturated heterocycles. The number of nitrogens with zero attached hydrogens (tertiary/aromatic N) is 2. The van der Waals surface area contributed by atoms with Gasteiger partial charge in [-0.1, -0.05) is 12.1 Å². The van der Waals surface area contributed by atoms with Crippen molar-refractivity contribution in [3.8, 4) is 6.07 Å². The maximum Gasteiger partial charge on any atom is 0.176 e. The zero-order valence-corrected chi connectivity index (χ0v) is 12.1. The first kappa shape index (κ1) is 14.7. The number of benzene rings is 1. The number of Topliss-reactive ketones (excluding diaryl/α,β-unsaturated/α-hetero) is 1. The van der Waals surface area contributed by atoms with Crippen molar-refractivity contribution in [1.29, 1.82) is 5.26 Å². The van der Waals surface area contributed by atoms with Crippen LogP contribution in [-0.4, -0.2) is 43.0 Å². The summed E-state index contributed by atoms with van der Waals surface area (Å²) in [5.41, 5.74) is 1.09. The molecule has 0 N–H and O–H groups in total. The molecule has 0 saturated carbocycles. The molecule has 106 valence electrons. The van der Waals surface area contributed by atoms with Gasteiger partial charge in [0.05, 0.1) is 23.8 Å². The molecule has 0 spiro atoms.